The van der Waals surface area contributed by atoms with E-state index in [1.54, 1.807) is 0 Å². The van der Waals surface area contributed by atoms with Crippen LogP contribution in [-0.4, -0.2) is 57.5 Å². The molecule has 2 aliphatic heterocycles. The number of hydrogen-bond donors (Lipinski definition) is 1. The number of hydrogen-bond acceptors (Lipinski definition) is 3. The van der Waals surface area contributed by atoms with Gasteiger partial charge in [-0.3, -0.25) is 4.99 Å². The minimum Gasteiger partial charge on any atom is -0.356 e. The first-order valence-corrected chi connectivity index (χ1v) is 9.87. The highest BCUT2D eigenvalue weighted by Crippen LogP contribution is 2.23. The van der Waals surface area contributed by atoms with Crippen LogP contribution in [0.3, 0.4) is 0 Å². The molecule has 2 saturated heterocycles. The van der Waals surface area contributed by atoms with Crippen molar-refractivity contribution in [2.24, 2.45) is 22.7 Å². The lowest BCUT2D eigenvalue weighted by atomic mass is 9.97. The Bertz CT molecular complexity index is 473. The largest absolute Gasteiger partial charge is 0.356 e. The normalized spacial score (nSPS) is 29.3. The van der Waals surface area contributed by atoms with Gasteiger partial charge in [-0.05, 0) is 37.0 Å². The van der Waals surface area contributed by atoms with Gasteiger partial charge in [-0.2, -0.15) is 0 Å². The average Bonchev–Trinajstić information content (AvgIpc) is 2.97. The monoisotopic (exact) mass is 315 g/mol. The number of guanidine groups is 1. The molecule has 0 aromatic heterocycles. The van der Waals surface area contributed by atoms with Crippen LogP contribution in [0.2, 0.25) is 0 Å². The fourth-order valence-electron chi connectivity index (χ4n) is 3.48. The topological polar surface area (TPSA) is 61.8 Å². The van der Waals surface area contributed by atoms with Gasteiger partial charge in [0.25, 0.3) is 0 Å². The van der Waals surface area contributed by atoms with E-state index >= 15 is 0 Å². The minimum atomic E-state index is -2.78. The molecular formula is C15H29N3O2S. The summed E-state index contributed by atoms with van der Waals surface area (Å²) in [6, 6.07) is 0. The van der Waals surface area contributed by atoms with Crippen molar-refractivity contribution in [3.63, 3.8) is 0 Å². The molecule has 0 saturated carbocycles. The Hall–Kier alpha value is -0.780. The van der Waals surface area contributed by atoms with E-state index in [-0.39, 0.29) is 5.92 Å². The van der Waals surface area contributed by atoms with Crippen LogP contribution in [0, 0.1) is 17.8 Å². The van der Waals surface area contributed by atoms with Gasteiger partial charge in [-0.1, -0.05) is 13.8 Å². The fourth-order valence-corrected chi connectivity index (χ4v) is 5.35. The SMILES string of the molecule is CN=C(NCC1CCS(=O)(=O)C1)N1CCC(CC(C)C)C1. The highest BCUT2D eigenvalue weighted by molar-refractivity contribution is 7.91. The summed E-state index contributed by atoms with van der Waals surface area (Å²) in [5.41, 5.74) is 0. The van der Waals surface area contributed by atoms with Gasteiger partial charge in [0.15, 0.2) is 15.8 Å². The van der Waals surface area contributed by atoms with Crippen molar-refractivity contribution >= 4 is 15.8 Å². The lowest BCUT2D eigenvalue weighted by Gasteiger charge is -2.23. The number of likely N-dealkylation sites (tertiary alicyclic amines) is 1. The van der Waals surface area contributed by atoms with E-state index in [9.17, 15) is 8.42 Å². The third-order valence-corrected chi connectivity index (χ3v) is 6.31. The molecule has 0 spiro atoms. The first-order chi connectivity index (χ1) is 9.89. The van der Waals surface area contributed by atoms with Gasteiger partial charge in [0.05, 0.1) is 11.5 Å². The Morgan fingerprint density at radius 2 is 2.10 bits per heavy atom. The molecule has 0 aromatic carbocycles. The second kappa shape index (κ2) is 6.99. The zero-order valence-electron chi connectivity index (χ0n) is 13.5. The number of rotatable bonds is 4. The van der Waals surface area contributed by atoms with Crippen molar-refractivity contribution in [3.05, 3.63) is 0 Å². The number of nitrogens with zero attached hydrogens (tertiary/aromatic N) is 2. The third kappa shape index (κ3) is 4.87. The highest BCUT2D eigenvalue weighted by atomic mass is 32.2. The van der Waals surface area contributed by atoms with Gasteiger partial charge >= 0.3 is 0 Å². The van der Waals surface area contributed by atoms with Gasteiger partial charge in [0.2, 0.25) is 0 Å². The maximum atomic E-state index is 11.5. The lowest BCUT2D eigenvalue weighted by Crippen LogP contribution is -2.42. The Morgan fingerprint density at radius 3 is 2.67 bits per heavy atom. The molecular weight excluding hydrogens is 286 g/mol. The van der Waals surface area contributed by atoms with E-state index < -0.39 is 9.84 Å². The van der Waals surface area contributed by atoms with Crippen LogP contribution in [0.5, 0.6) is 0 Å². The molecule has 5 nitrogen and oxygen atoms in total. The summed E-state index contributed by atoms with van der Waals surface area (Å²) in [5.74, 6) is 3.35. The zero-order valence-corrected chi connectivity index (χ0v) is 14.3. The predicted molar refractivity (Wildman–Crippen MR) is 87.3 cm³/mol. The maximum Gasteiger partial charge on any atom is 0.193 e. The van der Waals surface area contributed by atoms with Crippen LogP contribution in [0.25, 0.3) is 0 Å². The highest BCUT2D eigenvalue weighted by Gasteiger charge is 2.29. The minimum absolute atomic E-state index is 0.237. The van der Waals surface area contributed by atoms with Crippen molar-refractivity contribution in [3.8, 4) is 0 Å². The number of sulfone groups is 1. The summed E-state index contributed by atoms with van der Waals surface area (Å²) < 4.78 is 23.0. The molecule has 2 heterocycles. The van der Waals surface area contributed by atoms with E-state index in [1.165, 1.54) is 12.8 Å². The second-order valence-electron chi connectivity index (χ2n) is 6.93. The molecule has 0 radical (unpaired) electrons. The molecule has 0 aromatic rings. The zero-order chi connectivity index (χ0) is 15.5. The molecule has 2 atom stereocenters. The maximum absolute atomic E-state index is 11.5. The molecule has 0 amide bonds. The van der Waals surface area contributed by atoms with Crippen LogP contribution >= 0.6 is 0 Å². The van der Waals surface area contributed by atoms with E-state index in [0.717, 1.165) is 43.9 Å². The quantitative estimate of drug-likeness (QED) is 0.629. The van der Waals surface area contributed by atoms with Gasteiger partial charge in [0.1, 0.15) is 0 Å². The lowest BCUT2D eigenvalue weighted by molar-refractivity contribution is 0.401. The number of aliphatic imine (C=N–C) groups is 1. The van der Waals surface area contributed by atoms with Crippen molar-refractivity contribution in [1.82, 2.24) is 10.2 Å². The van der Waals surface area contributed by atoms with Gasteiger partial charge in [0, 0.05) is 26.7 Å². The van der Waals surface area contributed by atoms with Crippen LogP contribution in [0.4, 0.5) is 0 Å². The van der Waals surface area contributed by atoms with E-state index in [1.807, 2.05) is 7.05 Å². The molecule has 21 heavy (non-hydrogen) atoms. The Balaban J connectivity index is 1.79. The average molecular weight is 315 g/mol. The molecule has 122 valence electrons. The van der Waals surface area contributed by atoms with Crippen molar-refractivity contribution < 1.29 is 8.42 Å². The van der Waals surface area contributed by atoms with Crippen LogP contribution in [-0.2, 0) is 9.84 Å². The molecule has 2 aliphatic rings. The van der Waals surface area contributed by atoms with Gasteiger partial charge < -0.3 is 10.2 Å². The van der Waals surface area contributed by atoms with Gasteiger partial charge in [-0.15, -0.1) is 0 Å². The molecule has 2 fully saturated rings. The second-order valence-corrected chi connectivity index (χ2v) is 9.16. The van der Waals surface area contributed by atoms with Gasteiger partial charge in [-0.25, -0.2) is 8.42 Å². The molecule has 2 unspecified atom stereocenters. The standard InChI is InChI=1S/C15H29N3O2S/c1-12(2)8-13-4-6-18(10-13)15(16-3)17-9-14-5-7-21(19,20)11-14/h12-14H,4-11H2,1-3H3,(H,16,17). The Morgan fingerprint density at radius 1 is 1.33 bits per heavy atom. The third-order valence-electron chi connectivity index (χ3n) is 4.48. The van der Waals surface area contributed by atoms with E-state index in [2.05, 4.69) is 29.1 Å². The van der Waals surface area contributed by atoms with Crippen LogP contribution in [0.15, 0.2) is 4.99 Å². The molecule has 6 heteroatoms. The fraction of sp³-hybridized carbons (Fsp3) is 0.933. The van der Waals surface area contributed by atoms with Crippen molar-refractivity contribution in [2.75, 3.05) is 38.2 Å². The summed E-state index contributed by atoms with van der Waals surface area (Å²) in [6.45, 7) is 7.39. The first kappa shape index (κ1) is 16.6. The summed E-state index contributed by atoms with van der Waals surface area (Å²) in [4.78, 5) is 6.68. The number of nitrogens with one attached hydrogen (secondary N) is 1. The summed E-state index contributed by atoms with van der Waals surface area (Å²) in [6.07, 6.45) is 3.29. The Labute approximate surface area is 129 Å². The summed E-state index contributed by atoms with van der Waals surface area (Å²) in [5, 5.41) is 3.38. The molecule has 2 rings (SSSR count). The van der Waals surface area contributed by atoms with Crippen LogP contribution < -0.4 is 5.32 Å². The van der Waals surface area contributed by atoms with Crippen molar-refractivity contribution in [2.45, 2.75) is 33.1 Å². The summed E-state index contributed by atoms with van der Waals surface area (Å²) in [7, 11) is -0.976. The van der Waals surface area contributed by atoms with E-state index in [0.29, 0.717) is 11.5 Å². The van der Waals surface area contributed by atoms with Crippen LogP contribution in [0.1, 0.15) is 33.1 Å². The Kier molecular flexibility index (Phi) is 5.52. The molecule has 0 bridgehead atoms. The predicted octanol–water partition coefficient (Wildman–Crippen LogP) is 1.36. The smallest absolute Gasteiger partial charge is 0.193 e. The summed E-state index contributed by atoms with van der Waals surface area (Å²) >= 11 is 0. The first-order valence-electron chi connectivity index (χ1n) is 8.05. The van der Waals surface area contributed by atoms with E-state index in [4.69, 9.17) is 0 Å². The molecule has 0 aliphatic carbocycles. The van der Waals surface area contributed by atoms with Crippen molar-refractivity contribution in [1.29, 1.82) is 0 Å². The molecule has 1 N–H and O–H groups in total.